The summed E-state index contributed by atoms with van der Waals surface area (Å²) in [6.07, 6.45) is 3.27. The van der Waals surface area contributed by atoms with Crippen LogP contribution in [0.4, 0.5) is 5.69 Å². The maximum atomic E-state index is 11.9. The molecule has 0 fully saturated rings. The zero-order chi connectivity index (χ0) is 17.4. The second-order valence-corrected chi connectivity index (χ2v) is 6.88. The number of nitrogens with zero attached hydrogens (tertiary/aromatic N) is 2. The summed E-state index contributed by atoms with van der Waals surface area (Å²) in [6.45, 7) is 5.20. The van der Waals surface area contributed by atoms with Crippen LogP contribution in [0.15, 0.2) is 47.0 Å². The number of anilines is 1. The van der Waals surface area contributed by atoms with Crippen LogP contribution in [-0.2, 0) is 10.2 Å². The predicted octanol–water partition coefficient (Wildman–Crippen LogP) is 2.84. The fourth-order valence-electron chi connectivity index (χ4n) is 2.08. The van der Waals surface area contributed by atoms with Gasteiger partial charge in [-0.05, 0) is 23.6 Å². The number of carbonyl (C=O) groups is 1. The summed E-state index contributed by atoms with van der Waals surface area (Å²) < 4.78 is 0. The first-order valence-corrected chi connectivity index (χ1v) is 8.57. The molecule has 3 N–H and O–H groups in total. The van der Waals surface area contributed by atoms with Crippen LogP contribution < -0.4 is 16.0 Å². The van der Waals surface area contributed by atoms with E-state index in [-0.39, 0.29) is 41.8 Å². The minimum absolute atomic E-state index is 0. The Balaban J connectivity index is 0.00000312. The van der Waals surface area contributed by atoms with E-state index >= 15 is 0 Å². The standard InChI is InChI=1S/C17H23N5OS.HI/c1-17(2,14-7-5-9-24-14)12-21-16(18-3)20-11-15(23)22-13-6-4-8-19-10-13;/h4-10H,11-12H2,1-3H3,(H,22,23)(H2,18,20,21);1H. The minimum Gasteiger partial charge on any atom is -0.356 e. The van der Waals surface area contributed by atoms with E-state index in [4.69, 9.17) is 0 Å². The van der Waals surface area contributed by atoms with Gasteiger partial charge in [-0.1, -0.05) is 19.9 Å². The Hall–Kier alpha value is -1.68. The Morgan fingerprint density at radius 3 is 2.68 bits per heavy atom. The number of guanidine groups is 1. The Morgan fingerprint density at radius 1 is 1.28 bits per heavy atom. The van der Waals surface area contributed by atoms with Crippen LogP contribution in [-0.4, -0.2) is 37.0 Å². The molecule has 0 aliphatic heterocycles. The van der Waals surface area contributed by atoms with Gasteiger partial charge >= 0.3 is 0 Å². The lowest BCUT2D eigenvalue weighted by atomic mass is 9.91. The molecule has 0 saturated carbocycles. The van der Waals surface area contributed by atoms with E-state index in [2.05, 4.69) is 57.3 Å². The summed E-state index contributed by atoms with van der Waals surface area (Å²) in [6, 6.07) is 7.75. The average Bonchev–Trinajstić information content (AvgIpc) is 3.11. The second-order valence-electron chi connectivity index (χ2n) is 5.93. The van der Waals surface area contributed by atoms with Gasteiger partial charge in [0.05, 0.1) is 18.4 Å². The molecule has 0 atom stereocenters. The topological polar surface area (TPSA) is 78.4 Å². The number of carbonyl (C=O) groups excluding carboxylic acids is 1. The lowest BCUT2D eigenvalue weighted by molar-refractivity contribution is -0.115. The van der Waals surface area contributed by atoms with Gasteiger partial charge in [-0.15, -0.1) is 35.3 Å². The third-order valence-electron chi connectivity index (χ3n) is 3.47. The molecule has 0 unspecified atom stereocenters. The number of hydrogen-bond donors (Lipinski definition) is 3. The number of rotatable bonds is 6. The third kappa shape index (κ3) is 6.99. The SMILES string of the molecule is CN=C(NCC(=O)Nc1cccnc1)NCC(C)(C)c1cccs1.I. The number of aromatic nitrogens is 1. The molecular weight excluding hydrogens is 449 g/mol. The molecular formula is C17H24IN5OS. The monoisotopic (exact) mass is 473 g/mol. The summed E-state index contributed by atoms with van der Waals surface area (Å²) >= 11 is 1.74. The highest BCUT2D eigenvalue weighted by Gasteiger charge is 2.22. The van der Waals surface area contributed by atoms with Gasteiger partial charge in [-0.2, -0.15) is 0 Å². The Labute approximate surface area is 169 Å². The quantitative estimate of drug-likeness (QED) is 0.343. The summed E-state index contributed by atoms with van der Waals surface area (Å²) in [7, 11) is 1.69. The van der Waals surface area contributed by atoms with Crippen LogP contribution in [0.1, 0.15) is 18.7 Å². The lowest BCUT2D eigenvalue weighted by Crippen LogP contribution is -2.45. The molecule has 2 heterocycles. The molecule has 0 saturated heterocycles. The van der Waals surface area contributed by atoms with E-state index in [0.29, 0.717) is 11.6 Å². The van der Waals surface area contributed by atoms with Gasteiger partial charge < -0.3 is 16.0 Å². The highest BCUT2D eigenvalue weighted by atomic mass is 127. The van der Waals surface area contributed by atoms with Crippen LogP contribution in [0.2, 0.25) is 0 Å². The maximum Gasteiger partial charge on any atom is 0.243 e. The first kappa shape index (κ1) is 21.4. The predicted molar refractivity (Wildman–Crippen MR) is 115 cm³/mol. The lowest BCUT2D eigenvalue weighted by Gasteiger charge is -2.25. The molecule has 0 bridgehead atoms. The van der Waals surface area contributed by atoms with Crippen molar-refractivity contribution < 1.29 is 4.79 Å². The van der Waals surface area contributed by atoms with Crippen molar-refractivity contribution in [3.05, 3.63) is 46.9 Å². The van der Waals surface area contributed by atoms with Gasteiger partial charge in [0.1, 0.15) is 0 Å². The first-order valence-electron chi connectivity index (χ1n) is 7.69. The molecule has 1 amide bonds. The van der Waals surface area contributed by atoms with Crippen molar-refractivity contribution in [3.63, 3.8) is 0 Å². The number of nitrogens with one attached hydrogen (secondary N) is 3. The summed E-state index contributed by atoms with van der Waals surface area (Å²) in [5, 5.41) is 11.1. The third-order valence-corrected chi connectivity index (χ3v) is 4.71. The van der Waals surface area contributed by atoms with E-state index < -0.39 is 0 Å². The average molecular weight is 473 g/mol. The molecule has 6 nitrogen and oxygen atoms in total. The number of aliphatic imine (C=N–C) groups is 1. The zero-order valence-corrected chi connectivity index (χ0v) is 17.7. The van der Waals surface area contributed by atoms with Gasteiger partial charge in [0.15, 0.2) is 5.96 Å². The molecule has 0 aliphatic carbocycles. The van der Waals surface area contributed by atoms with Gasteiger partial charge in [0.25, 0.3) is 0 Å². The normalized spacial score (nSPS) is 11.4. The molecule has 0 aromatic carbocycles. The highest BCUT2D eigenvalue weighted by molar-refractivity contribution is 14.0. The number of hydrogen-bond acceptors (Lipinski definition) is 4. The first-order chi connectivity index (χ1) is 11.5. The highest BCUT2D eigenvalue weighted by Crippen LogP contribution is 2.26. The molecule has 0 aliphatic rings. The van der Waals surface area contributed by atoms with Crippen molar-refractivity contribution in [3.8, 4) is 0 Å². The number of halogens is 1. The Kier molecular flexibility index (Phi) is 8.84. The van der Waals surface area contributed by atoms with Crippen LogP contribution in [0.5, 0.6) is 0 Å². The van der Waals surface area contributed by atoms with Crippen LogP contribution >= 0.6 is 35.3 Å². The largest absolute Gasteiger partial charge is 0.356 e. The van der Waals surface area contributed by atoms with Crippen molar-refractivity contribution >= 4 is 52.9 Å². The van der Waals surface area contributed by atoms with Gasteiger partial charge in [0, 0.05) is 30.1 Å². The molecule has 8 heteroatoms. The van der Waals surface area contributed by atoms with Crippen LogP contribution in [0.3, 0.4) is 0 Å². The fraction of sp³-hybridized carbons (Fsp3) is 0.353. The van der Waals surface area contributed by atoms with E-state index in [0.717, 1.165) is 6.54 Å². The van der Waals surface area contributed by atoms with E-state index in [1.165, 1.54) is 4.88 Å². The molecule has 2 aromatic heterocycles. The summed E-state index contributed by atoms with van der Waals surface area (Å²) in [4.78, 5) is 21.4. The molecule has 2 aromatic rings. The van der Waals surface area contributed by atoms with Gasteiger partial charge in [-0.3, -0.25) is 14.8 Å². The molecule has 0 spiro atoms. The number of thiophene rings is 1. The Morgan fingerprint density at radius 2 is 2.08 bits per heavy atom. The van der Waals surface area contributed by atoms with E-state index in [1.807, 2.05) is 0 Å². The van der Waals surface area contributed by atoms with Gasteiger partial charge in [0.2, 0.25) is 5.91 Å². The molecule has 0 radical (unpaired) electrons. The fourth-order valence-corrected chi connectivity index (χ4v) is 2.93. The summed E-state index contributed by atoms with van der Waals surface area (Å²) in [5.41, 5.74) is 0.662. The number of pyridine rings is 1. The van der Waals surface area contributed by atoms with Crippen molar-refractivity contribution in [1.82, 2.24) is 15.6 Å². The molecule has 25 heavy (non-hydrogen) atoms. The minimum atomic E-state index is -0.150. The molecule has 2 rings (SSSR count). The van der Waals surface area contributed by atoms with Crippen molar-refractivity contribution in [2.45, 2.75) is 19.3 Å². The zero-order valence-electron chi connectivity index (χ0n) is 14.6. The van der Waals surface area contributed by atoms with Gasteiger partial charge in [-0.25, -0.2) is 0 Å². The van der Waals surface area contributed by atoms with Crippen LogP contribution in [0.25, 0.3) is 0 Å². The van der Waals surface area contributed by atoms with E-state index in [1.54, 1.807) is 42.9 Å². The Bertz CT molecular complexity index is 674. The van der Waals surface area contributed by atoms with Crippen molar-refractivity contribution in [2.24, 2.45) is 4.99 Å². The number of amides is 1. The summed E-state index contributed by atoms with van der Waals surface area (Å²) in [5.74, 6) is 0.449. The smallest absolute Gasteiger partial charge is 0.243 e. The van der Waals surface area contributed by atoms with Crippen molar-refractivity contribution in [2.75, 3.05) is 25.5 Å². The van der Waals surface area contributed by atoms with Crippen molar-refractivity contribution in [1.29, 1.82) is 0 Å². The van der Waals surface area contributed by atoms with Crippen LogP contribution in [0, 0.1) is 0 Å². The second kappa shape index (κ2) is 10.3. The molecule has 136 valence electrons. The maximum absolute atomic E-state index is 11.9. The van der Waals surface area contributed by atoms with E-state index in [9.17, 15) is 4.79 Å².